The van der Waals surface area contributed by atoms with E-state index < -0.39 is 0 Å². The van der Waals surface area contributed by atoms with Crippen molar-refractivity contribution in [2.75, 3.05) is 4.90 Å². The van der Waals surface area contributed by atoms with Gasteiger partial charge in [-0.1, -0.05) is 48.5 Å². The van der Waals surface area contributed by atoms with E-state index in [-0.39, 0.29) is 5.82 Å². The van der Waals surface area contributed by atoms with Crippen LogP contribution in [0.5, 0.6) is 0 Å². The Balaban J connectivity index is 1.54. The molecule has 0 unspecified atom stereocenters. The van der Waals surface area contributed by atoms with Crippen LogP contribution in [-0.4, -0.2) is 19.9 Å². The lowest BCUT2D eigenvalue weighted by atomic mass is 9.92. The SMILES string of the molecule is Fc1ccc2ccc3c(N(c4cccc5nccnc45)c4cccc5nccnc45)ccc4ccc1c2c43. The van der Waals surface area contributed by atoms with Crippen molar-refractivity contribution in [3.63, 3.8) is 0 Å². The van der Waals surface area contributed by atoms with Gasteiger partial charge in [0.1, 0.15) is 16.9 Å². The first-order chi connectivity index (χ1) is 18.8. The predicted octanol–water partition coefficient (Wildman–Crippen LogP) is 8.08. The zero-order chi connectivity index (χ0) is 25.2. The first-order valence-electron chi connectivity index (χ1n) is 12.3. The number of hydrogen-bond acceptors (Lipinski definition) is 5. The Morgan fingerprint density at radius 1 is 0.474 bits per heavy atom. The molecule has 0 aliphatic heterocycles. The quantitative estimate of drug-likeness (QED) is 0.234. The molecule has 0 saturated heterocycles. The number of fused-ring (bicyclic) bond motifs is 2. The fraction of sp³-hybridized carbons (Fsp3) is 0. The van der Waals surface area contributed by atoms with Crippen LogP contribution >= 0.6 is 0 Å². The van der Waals surface area contributed by atoms with Crippen molar-refractivity contribution in [2.24, 2.45) is 0 Å². The van der Waals surface area contributed by atoms with Crippen LogP contribution in [0, 0.1) is 5.82 Å². The number of aromatic nitrogens is 4. The largest absolute Gasteiger partial charge is 0.305 e. The second-order valence-corrected chi connectivity index (χ2v) is 9.29. The predicted molar refractivity (Wildman–Crippen MR) is 151 cm³/mol. The Kier molecular flexibility index (Phi) is 4.34. The van der Waals surface area contributed by atoms with Gasteiger partial charge >= 0.3 is 0 Å². The van der Waals surface area contributed by atoms with E-state index in [0.717, 1.165) is 66.1 Å². The minimum atomic E-state index is -0.220. The summed E-state index contributed by atoms with van der Waals surface area (Å²) in [6.45, 7) is 0. The first-order valence-corrected chi connectivity index (χ1v) is 12.3. The number of halogens is 1. The molecule has 2 aromatic heterocycles. The van der Waals surface area contributed by atoms with Crippen LogP contribution in [0.2, 0.25) is 0 Å². The lowest BCUT2D eigenvalue weighted by molar-refractivity contribution is 0.640. The highest BCUT2D eigenvalue weighted by atomic mass is 19.1. The summed E-state index contributed by atoms with van der Waals surface area (Å²) in [6, 6.07) is 27.6. The molecule has 0 aliphatic rings. The van der Waals surface area contributed by atoms with Crippen LogP contribution in [0.4, 0.5) is 21.5 Å². The molecule has 8 rings (SSSR count). The molecule has 8 aromatic rings. The van der Waals surface area contributed by atoms with Gasteiger partial charge in [-0.2, -0.15) is 0 Å². The fourth-order valence-corrected chi connectivity index (χ4v) is 5.65. The van der Waals surface area contributed by atoms with Crippen LogP contribution in [0.1, 0.15) is 0 Å². The van der Waals surface area contributed by atoms with Gasteiger partial charge in [0, 0.05) is 40.9 Å². The molecule has 0 spiro atoms. The minimum Gasteiger partial charge on any atom is -0.305 e. The summed E-state index contributed by atoms with van der Waals surface area (Å²) in [5, 5.41) is 5.65. The van der Waals surface area contributed by atoms with E-state index in [1.165, 1.54) is 0 Å². The molecular weight excluding hydrogens is 473 g/mol. The number of nitrogens with zero attached hydrogens (tertiary/aromatic N) is 5. The summed E-state index contributed by atoms with van der Waals surface area (Å²) in [4.78, 5) is 20.7. The molecule has 0 fully saturated rings. The summed E-state index contributed by atoms with van der Waals surface area (Å²) < 4.78 is 14.9. The Morgan fingerprint density at radius 3 is 1.66 bits per heavy atom. The fourth-order valence-electron chi connectivity index (χ4n) is 5.65. The Morgan fingerprint density at radius 2 is 1.00 bits per heavy atom. The van der Waals surface area contributed by atoms with E-state index in [0.29, 0.717) is 5.39 Å². The van der Waals surface area contributed by atoms with Crippen LogP contribution in [-0.2, 0) is 0 Å². The lowest BCUT2D eigenvalue weighted by Crippen LogP contribution is -2.13. The van der Waals surface area contributed by atoms with Crippen molar-refractivity contribution in [1.82, 2.24) is 19.9 Å². The second-order valence-electron chi connectivity index (χ2n) is 9.29. The minimum absolute atomic E-state index is 0.220. The summed E-state index contributed by atoms with van der Waals surface area (Å²) >= 11 is 0. The highest BCUT2D eigenvalue weighted by Crippen LogP contribution is 2.46. The normalized spacial score (nSPS) is 11.8. The summed E-state index contributed by atoms with van der Waals surface area (Å²) in [6.07, 6.45) is 6.81. The molecule has 0 N–H and O–H groups in total. The van der Waals surface area contributed by atoms with Gasteiger partial charge in [-0.25, -0.2) is 4.39 Å². The first kappa shape index (κ1) is 20.9. The standard InChI is InChI=1S/C32H18FN5/c33-23-13-9-19-8-12-22-26(14-10-20-7-11-21(23)29(19)30(20)22)38(27-5-1-3-24-31(27)36-17-15-34-24)28-6-2-4-25-32(28)37-18-16-35-25/h1-18H. The van der Waals surface area contributed by atoms with Crippen LogP contribution < -0.4 is 4.90 Å². The Labute approximate surface area is 216 Å². The van der Waals surface area contributed by atoms with Gasteiger partial charge in [-0.3, -0.25) is 19.9 Å². The van der Waals surface area contributed by atoms with Crippen molar-refractivity contribution < 1.29 is 4.39 Å². The molecule has 2 heterocycles. The van der Waals surface area contributed by atoms with E-state index in [9.17, 15) is 4.39 Å². The number of hydrogen-bond donors (Lipinski definition) is 0. The smallest absolute Gasteiger partial charge is 0.131 e. The van der Waals surface area contributed by atoms with Crippen LogP contribution in [0.15, 0.2) is 110 Å². The molecule has 0 radical (unpaired) electrons. The van der Waals surface area contributed by atoms with Gasteiger partial charge in [0.05, 0.1) is 28.1 Å². The third-order valence-electron chi connectivity index (χ3n) is 7.27. The molecule has 6 aromatic carbocycles. The maximum Gasteiger partial charge on any atom is 0.131 e. The molecular formula is C32H18FN5. The zero-order valence-corrected chi connectivity index (χ0v) is 20.0. The summed E-state index contributed by atoms with van der Waals surface area (Å²) in [5.41, 5.74) is 5.81. The topological polar surface area (TPSA) is 54.8 Å². The van der Waals surface area contributed by atoms with Gasteiger partial charge in [-0.05, 0) is 52.6 Å². The monoisotopic (exact) mass is 491 g/mol. The van der Waals surface area contributed by atoms with E-state index in [4.69, 9.17) is 9.97 Å². The number of para-hydroxylation sites is 2. The van der Waals surface area contributed by atoms with E-state index in [1.54, 1.807) is 30.9 Å². The van der Waals surface area contributed by atoms with Crippen LogP contribution in [0.3, 0.4) is 0 Å². The van der Waals surface area contributed by atoms with Crippen molar-refractivity contribution in [3.05, 3.63) is 116 Å². The van der Waals surface area contributed by atoms with Gasteiger partial charge in [0.15, 0.2) is 0 Å². The molecule has 38 heavy (non-hydrogen) atoms. The second kappa shape index (κ2) is 7.88. The molecule has 5 nitrogen and oxygen atoms in total. The highest BCUT2D eigenvalue weighted by Gasteiger charge is 2.23. The lowest BCUT2D eigenvalue weighted by Gasteiger charge is -2.28. The Bertz CT molecular complexity index is 2080. The van der Waals surface area contributed by atoms with E-state index in [2.05, 4.69) is 39.1 Å². The number of benzene rings is 6. The molecule has 178 valence electrons. The number of anilines is 3. The maximum atomic E-state index is 14.9. The third kappa shape index (κ3) is 2.91. The molecule has 0 atom stereocenters. The van der Waals surface area contributed by atoms with E-state index in [1.807, 2.05) is 54.6 Å². The summed E-state index contributed by atoms with van der Waals surface area (Å²) in [5.74, 6) is -0.220. The van der Waals surface area contributed by atoms with E-state index >= 15 is 0 Å². The maximum absolute atomic E-state index is 14.9. The average molecular weight is 492 g/mol. The van der Waals surface area contributed by atoms with Gasteiger partial charge in [0.2, 0.25) is 0 Å². The zero-order valence-electron chi connectivity index (χ0n) is 20.0. The van der Waals surface area contributed by atoms with Crippen LogP contribution in [0.25, 0.3) is 54.4 Å². The van der Waals surface area contributed by atoms with Gasteiger partial charge in [0.25, 0.3) is 0 Å². The average Bonchev–Trinajstić information content (AvgIpc) is 2.98. The molecule has 6 heteroatoms. The highest BCUT2D eigenvalue weighted by molar-refractivity contribution is 6.26. The van der Waals surface area contributed by atoms with Crippen molar-refractivity contribution in [1.29, 1.82) is 0 Å². The Hall–Kier alpha value is -5.23. The van der Waals surface area contributed by atoms with Gasteiger partial charge < -0.3 is 4.90 Å². The van der Waals surface area contributed by atoms with Crippen molar-refractivity contribution >= 4 is 71.4 Å². The molecule has 0 aliphatic carbocycles. The summed E-state index contributed by atoms with van der Waals surface area (Å²) in [7, 11) is 0. The van der Waals surface area contributed by atoms with Crippen molar-refractivity contribution in [3.8, 4) is 0 Å². The molecule has 0 amide bonds. The molecule has 0 saturated carbocycles. The van der Waals surface area contributed by atoms with Gasteiger partial charge in [-0.15, -0.1) is 0 Å². The molecule has 0 bridgehead atoms. The third-order valence-corrected chi connectivity index (χ3v) is 7.27. The number of rotatable bonds is 3. The van der Waals surface area contributed by atoms with Crippen molar-refractivity contribution in [2.45, 2.75) is 0 Å².